The van der Waals surface area contributed by atoms with Gasteiger partial charge in [0.05, 0.1) is 0 Å². The van der Waals surface area contributed by atoms with Gasteiger partial charge >= 0.3 is 17.9 Å². The number of carbonyl (C=O) groups is 3. The Bertz CT molecular complexity index is 706. The minimum Gasteiger partial charge on any atom is -0.462 e. The topological polar surface area (TPSA) is 78.9 Å². The number of carbonyl (C=O) groups excluding carboxylic acids is 3. The molecule has 6 nitrogen and oxygen atoms in total. The van der Waals surface area contributed by atoms with Crippen molar-refractivity contribution >= 4 is 17.9 Å². The Morgan fingerprint density at radius 1 is 0.457 bits per heavy atom. The molecule has 46 heavy (non-hydrogen) atoms. The van der Waals surface area contributed by atoms with Crippen molar-refractivity contribution in [3.05, 3.63) is 0 Å². The number of ether oxygens (including phenoxy) is 3. The van der Waals surface area contributed by atoms with E-state index in [4.69, 9.17) is 14.2 Å². The zero-order valence-corrected chi connectivity index (χ0v) is 31.2. The van der Waals surface area contributed by atoms with Crippen LogP contribution in [0.25, 0.3) is 0 Å². The average Bonchev–Trinajstić information content (AvgIpc) is 3.03. The van der Waals surface area contributed by atoms with Crippen LogP contribution in [-0.4, -0.2) is 37.2 Å². The Hall–Kier alpha value is -1.59. The van der Waals surface area contributed by atoms with Gasteiger partial charge in [-0.2, -0.15) is 0 Å². The SMILES string of the molecule is CCCCCCCCCC(=O)OC[C@@H](COC(=O)CCCCCCCCCCC(C)CC)OC(=O)CCCCCCCCC(C)C. The molecule has 0 radical (unpaired) electrons. The zero-order valence-electron chi connectivity index (χ0n) is 31.2. The van der Waals surface area contributed by atoms with Crippen molar-refractivity contribution in [1.82, 2.24) is 0 Å². The van der Waals surface area contributed by atoms with Crippen LogP contribution in [-0.2, 0) is 28.6 Å². The van der Waals surface area contributed by atoms with E-state index in [9.17, 15) is 14.4 Å². The number of rotatable bonds is 34. The van der Waals surface area contributed by atoms with Gasteiger partial charge in [0, 0.05) is 19.3 Å². The highest BCUT2D eigenvalue weighted by Crippen LogP contribution is 2.16. The molecule has 0 aromatic carbocycles. The van der Waals surface area contributed by atoms with E-state index >= 15 is 0 Å². The summed E-state index contributed by atoms with van der Waals surface area (Å²) in [5.74, 6) is 0.729. The maximum absolute atomic E-state index is 12.6. The maximum atomic E-state index is 12.6. The molecule has 0 saturated carbocycles. The lowest BCUT2D eigenvalue weighted by Gasteiger charge is -2.18. The monoisotopic (exact) mass is 653 g/mol. The first kappa shape index (κ1) is 44.4. The van der Waals surface area contributed by atoms with Crippen molar-refractivity contribution in [2.75, 3.05) is 13.2 Å². The molecule has 2 atom stereocenters. The van der Waals surface area contributed by atoms with E-state index in [0.717, 1.165) is 69.6 Å². The van der Waals surface area contributed by atoms with Crippen molar-refractivity contribution < 1.29 is 28.6 Å². The summed E-state index contributed by atoms with van der Waals surface area (Å²) < 4.78 is 16.6. The van der Waals surface area contributed by atoms with Crippen LogP contribution < -0.4 is 0 Å². The van der Waals surface area contributed by atoms with Crippen molar-refractivity contribution in [2.24, 2.45) is 11.8 Å². The van der Waals surface area contributed by atoms with Crippen LogP contribution in [0.15, 0.2) is 0 Å². The first-order chi connectivity index (χ1) is 22.3. The van der Waals surface area contributed by atoms with Gasteiger partial charge in [-0.25, -0.2) is 0 Å². The zero-order chi connectivity index (χ0) is 34.1. The molecule has 1 unspecified atom stereocenters. The summed E-state index contributed by atoms with van der Waals surface area (Å²) >= 11 is 0. The molecule has 0 aliphatic carbocycles. The summed E-state index contributed by atoms with van der Waals surface area (Å²) in [4.78, 5) is 37.3. The fourth-order valence-corrected chi connectivity index (χ4v) is 5.66. The average molecular weight is 653 g/mol. The molecule has 0 aliphatic rings. The lowest BCUT2D eigenvalue weighted by Crippen LogP contribution is -2.30. The minimum absolute atomic E-state index is 0.0677. The number of hydrogen-bond acceptors (Lipinski definition) is 6. The molecule has 0 N–H and O–H groups in total. The van der Waals surface area contributed by atoms with Crippen LogP contribution in [0.4, 0.5) is 0 Å². The highest BCUT2D eigenvalue weighted by molar-refractivity contribution is 5.71. The molecule has 0 aromatic heterocycles. The fraction of sp³-hybridized carbons (Fsp3) is 0.925. The summed E-state index contributed by atoms with van der Waals surface area (Å²) in [6, 6.07) is 0. The molecule has 0 bridgehead atoms. The molecule has 0 saturated heterocycles. The highest BCUT2D eigenvalue weighted by Gasteiger charge is 2.19. The Labute approximate surface area is 285 Å². The van der Waals surface area contributed by atoms with Gasteiger partial charge in [-0.05, 0) is 31.1 Å². The van der Waals surface area contributed by atoms with Gasteiger partial charge in [0.15, 0.2) is 6.10 Å². The van der Waals surface area contributed by atoms with Crippen LogP contribution >= 0.6 is 0 Å². The lowest BCUT2D eigenvalue weighted by molar-refractivity contribution is -0.167. The first-order valence-corrected chi connectivity index (χ1v) is 19.8. The number of unbranched alkanes of at least 4 members (excludes halogenated alkanes) is 18. The predicted molar refractivity (Wildman–Crippen MR) is 192 cm³/mol. The summed E-state index contributed by atoms with van der Waals surface area (Å²) in [7, 11) is 0. The van der Waals surface area contributed by atoms with E-state index < -0.39 is 6.10 Å². The van der Waals surface area contributed by atoms with Crippen LogP contribution in [0.1, 0.15) is 208 Å². The third-order valence-corrected chi connectivity index (χ3v) is 9.08. The van der Waals surface area contributed by atoms with Gasteiger partial charge in [0.25, 0.3) is 0 Å². The van der Waals surface area contributed by atoms with Gasteiger partial charge in [-0.3, -0.25) is 14.4 Å². The predicted octanol–water partition coefficient (Wildman–Crippen LogP) is 11.8. The standard InChI is InChI=1S/C40H76O6/c1-6-8-9-10-13-20-25-30-38(41)44-33-37(46-40(43)32-27-22-17-16-18-23-28-35(3)4)34-45-39(42)31-26-21-15-12-11-14-19-24-29-36(5)7-2/h35-37H,6-34H2,1-5H3/t36?,37-/m0/s1. The molecule has 272 valence electrons. The maximum Gasteiger partial charge on any atom is 0.306 e. The molecule has 6 heteroatoms. The summed E-state index contributed by atoms with van der Waals surface area (Å²) in [5, 5.41) is 0. The van der Waals surface area contributed by atoms with E-state index in [-0.39, 0.29) is 31.1 Å². The van der Waals surface area contributed by atoms with E-state index in [1.807, 2.05) is 0 Å². The van der Waals surface area contributed by atoms with Crippen LogP contribution in [0.5, 0.6) is 0 Å². The molecule has 0 spiro atoms. The van der Waals surface area contributed by atoms with Gasteiger partial charge in [0.2, 0.25) is 0 Å². The van der Waals surface area contributed by atoms with Crippen LogP contribution in [0, 0.1) is 11.8 Å². The molecule has 0 heterocycles. The molecular formula is C40H76O6. The highest BCUT2D eigenvalue weighted by atomic mass is 16.6. The van der Waals surface area contributed by atoms with Gasteiger partial charge in [0.1, 0.15) is 13.2 Å². The molecule has 0 aliphatic heterocycles. The van der Waals surface area contributed by atoms with Gasteiger partial charge in [-0.1, -0.05) is 169 Å². The first-order valence-electron chi connectivity index (χ1n) is 19.8. The Morgan fingerprint density at radius 2 is 0.826 bits per heavy atom. The second kappa shape index (κ2) is 33.3. The fourth-order valence-electron chi connectivity index (χ4n) is 5.66. The smallest absolute Gasteiger partial charge is 0.306 e. The van der Waals surface area contributed by atoms with Crippen molar-refractivity contribution in [1.29, 1.82) is 0 Å². The lowest BCUT2D eigenvalue weighted by atomic mass is 9.99. The molecular weight excluding hydrogens is 576 g/mol. The number of hydrogen-bond donors (Lipinski definition) is 0. The third-order valence-electron chi connectivity index (χ3n) is 9.08. The van der Waals surface area contributed by atoms with Crippen LogP contribution in [0.3, 0.4) is 0 Å². The quantitative estimate of drug-likeness (QED) is 0.0391. The second-order valence-electron chi connectivity index (χ2n) is 14.3. The summed E-state index contributed by atoms with van der Waals surface area (Å²) in [5.41, 5.74) is 0. The normalized spacial score (nSPS) is 12.7. The van der Waals surface area contributed by atoms with E-state index in [1.54, 1.807) is 0 Å². The van der Waals surface area contributed by atoms with Crippen molar-refractivity contribution in [3.63, 3.8) is 0 Å². The Balaban J connectivity index is 4.33. The molecule has 0 rings (SSSR count). The summed E-state index contributed by atoms with van der Waals surface area (Å²) in [6.07, 6.45) is 28.2. The van der Waals surface area contributed by atoms with E-state index in [2.05, 4.69) is 34.6 Å². The van der Waals surface area contributed by atoms with Crippen molar-refractivity contribution in [2.45, 2.75) is 214 Å². The largest absolute Gasteiger partial charge is 0.462 e. The van der Waals surface area contributed by atoms with E-state index in [0.29, 0.717) is 19.3 Å². The van der Waals surface area contributed by atoms with Gasteiger partial charge in [-0.15, -0.1) is 0 Å². The van der Waals surface area contributed by atoms with E-state index in [1.165, 1.54) is 96.3 Å². The molecule has 0 aromatic rings. The van der Waals surface area contributed by atoms with Crippen LogP contribution in [0.2, 0.25) is 0 Å². The summed E-state index contributed by atoms with van der Waals surface area (Å²) in [6.45, 7) is 11.2. The third kappa shape index (κ3) is 32.4. The number of esters is 3. The molecule has 0 fully saturated rings. The second-order valence-corrected chi connectivity index (χ2v) is 14.3. The van der Waals surface area contributed by atoms with Crippen molar-refractivity contribution in [3.8, 4) is 0 Å². The van der Waals surface area contributed by atoms with Gasteiger partial charge < -0.3 is 14.2 Å². The minimum atomic E-state index is -0.759. The molecule has 0 amide bonds. The Kier molecular flexibility index (Phi) is 32.2. The Morgan fingerprint density at radius 3 is 1.24 bits per heavy atom.